The molecule has 1 saturated carbocycles. The van der Waals surface area contributed by atoms with Gasteiger partial charge in [0.25, 0.3) is 0 Å². The van der Waals surface area contributed by atoms with Gasteiger partial charge >= 0.3 is 0 Å². The fraction of sp³-hybridized carbons (Fsp3) is 0.357. The van der Waals surface area contributed by atoms with Gasteiger partial charge in [-0.05, 0) is 24.3 Å². The second kappa shape index (κ2) is 3.27. The van der Waals surface area contributed by atoms with Crippen LogP contribution in [0.15, 0.2) is 47.6 Å². The lowest BCUT2D eigenvalue weighted by molar-refractivity contribution is 0.426. The van der Waals surface area contributed by atoms with E-state index in [9.17, 15) is 0 Å². The molecule has 2 unspecified atom stereocenters. The van der Waals surface area contributed by atoms with Crippen molar-refractivity contribution in [2.75, 3.05) is 0 Å². The van der Waals surface area contributed by atoms with Gasteiger partial charge in [0, 0.05) is 12.3 Å². The van der Waals surface area contributed by atoms with E-state index in [0.717, 1.165) is 6.42 Å². The van der Waals surface area contributed by atoms with Crippen molar-refractivity contribution in [1.82, 2.24) is 0 Å². The molecule has 0 heterocycles. The molecule has 2 atom stereocenters. The van der Waals surface area contributed by atoms with Crippen LogP contribution in [-0.4, -0.2) is 0 Å². The molecule has 0 aliphatic heterocycles. The van der Waals surface area contributed by atoms with Gasteiger partial charge in [0.05, 0.1) is 0 Å². The topological polar surface area (TPSA) is 0 Å². The van der Waals surface area contributed by atoms with Gasteiger partial charge in [-0.15, -0.1) is 0 Å². The van der Waals surface area contributed by atoms with Crippen LogP contribution in [0.4, 0.5) is 0 Å². The molecule has 0 heteroatoms. The van der Waals surface area contributed by atoms with Crippen LogP contribution in [0.3, 0.4) is 0 Å². The van der Waals surface area contributed by atoms with Crippen molar-refractivity contribution in [3.05, 3.63) is 54.0 Å². The van der Waals surface area contributed by atoms with E-state index in [0.29, 0.717) is 11.8 Å². The Balaban J connectivity index is 1.98. The van der Waals surface area contributed by atoms with Crippen molar-refractivity contribution in [2.24, 2.45) is 11.8 Å². The lowest BCUT2D eigenvalue weighted by Gasteiger charge is -2.35. The molecule has 0 amide bonds. The molecule has 0 aromatic rings. The molecule has 3 aliphatic rings. The van der Waals surface area contributed by atoms with Gasteiger partial charge in [0.1, 0.15) is 0 Å². The van der Waals surface area contributed by atoms with Crippen molar-refractivity contribution >= 4 is 0 Å². The summed E-state index contributed by atoms with van der Waals surface area (Å²) in [7, 11) is 0. The molecule has 0 nitrogen and oxygen atoms in total. The molecule has 0 bridgehead atoms. The molecule has 3 rings (SSSR count). The number of allylic oxidation sites excluding steroid dienone is 8. The Labute approximate surface area is 85.7 Å². The van der Waals surface area contributed by atoms with Crippen molar-refractivity contribution in [2.45, 2.75) is 19.3 Å². The molecule has 2 radical (unpaired) electrons. The molecule has 1 fully saturated rings. The summed E-state index contributed by atoms with van der Waals surface area (Å²) in [6.07, 6.45) is 20.7. The maximum absolute atomic E-state index is 3.51. The second-order valence-corrected chi connectivity index (χ2v) is 4.23. The lowest BCUT2D eigenvalue weighted by atomic mass is 9.70. The highest BCUT2D eigenvalue weighted by atomic mass is 14.3. The first kappa shape index (κ1) is 8.28. The molecule has 0 aromatic heterocycles. The first-order valence-electron chi connectivity index (χ1n) is 5.46. The van der Waals surface area contributed by atoms with Crippen molar-refractivity contribution in [3.63, 3.8) is 0 Å². The smallest absolute Gasteiger partial charge is 0.0123 e. The third-order valence-electron chi connectivity index (χ3n) is 3.41. The zero-order valence-corrected chi connectivity index (χ0v) is 8.24. The summed E-state index contributed by atoms with van der Waals surface area (Å²) in [5, 5.41) is 0. The molecule has 0 aromatic carbocycles. The van der Waals surface area contributed by atoms with E-state index in [1.807, 2.05) is 0 Å². The zero-order chi connectivity index (χ0) is 9.38. The molecule has 70 valence electrons. The molecule has 3 aliphatic carbocycles. The van der Waals surface area contributed by atoms with Crippen LogP contribution in [0, 0.1) is 18.3 Å². The minimum atomic E-state index is 0.632. The Morgan fingerprint density at radius 3 is 3.21 bits per heavy atom. The SMILES string of the molecule is [C]1CCCC2C1=CC=C1C=CC=CC12. The zero-order valence-electron chi connectivity index (χ0n) is 8.24. The Bertz CT molecular complexity index is 352. The van der Waals surface area contributed by atoms with Crippen LogP contribution in [0.1, 0.15) is 19.3 Å². The van der Waals surface area contributed by atoms with E-state index in [2.05, 4.69) is 42.9 Å². The number of rotatable bonds is 0. The van der Waals surface area contributed by atoms with Crippen molar-refractivity contribution < 1.29 is 0 Å². The monoisotopic (exact) mass is 182 g/mol. The van der Waals surface area contributed by atoms with E-state index in [-0.39, 0.29) is 0 Å². The molecule has 0 spiro atoms. The van der Waals surface area contributed by atoms with Crippen molar-refractivity contribution in [3.8, 4) is 0 Å². The van der Waals surface area contributed by atoms with E-state index >= 15 is 0 Å². The van der Waals surface area contributed by atoms with Gasteiger partial charge in [-0.2, -0.15) is 0 Å². The highest BCUT2D eigenvalue weighted by Gasteiger charge is 2.30. The standard InChI is InChI=1S/C14H14/c1-3-7-13-11(5-1)9-10-12-6-2-4-8-14(12)13/h1,3,5,7,9-10,13-14H,2,4,8H2. The average Bonchev–Trinajstić information content (AvgIpc) is 2.29. The fourth-order valence-corrected chi connectivity index (χ4v) is 2.69. The van der Waals surface area contributed by atoms with Crippen LogP contribution in [0.2, 0.25) is 0 Å². The summed E-state index contributed by atoms with van der Waals surface area (Å²) in [4.78, 5) is 0. The Kier molecular flexibility index (Phi) is 1.93. The number of hydrogen-bond acceptors (Lipinski definition) is 0. The highest BCUT2D eigenvalue weighted by molar-refractivity contribution is 5.44. The van der Waals surface area contributed by atoms with Crippen molar-refractivity contribution in [1.29, 1.82) is 0 Å². The van der Waals surface area contributed by atoms with Crippen LogP contribution < -0.4 is 0 Å². The van der Waals surface area contributed by atoms with Crippen LogP contribution in [0.25, 0.3) is 0 Å². The Hall–Kier alpha value is -1.04. The lowest BCUT2D eigenvalue weighted by Crippen LogP contribution is -2.23. The third-order valence-corrected chi connectivity index (χ3v) is 3.41. The van der Waals surface area contributed by atoms with Gasteiger partial charge in [-0.1, -0.05) is 48.5 Å². The second-order valence-electron chi connectivity index (χ2n) is 4.23. The fourth-order valence-electron chi connectivity index (χ4n) is 2.69. The van der Waals surface area contributed by atoms with Gasteiger partial charge in [-0.3, -0.25) is 0 Å². The molecular formula is C14H14. The predicted molar refractivity (Wildman–Crippen MR) is 58.5 cm³/mol. The van der Waals surface area contributed by atoms with Crippen LogP contribution >= 0.6 is 0 Å². The quantitative estimate of drug-likeness (QED) is 0.538. The van der Waals surface area contributed by atoms with Gasteiger partial charge in [-0.25, -0.2) is 0 Å². The summed E-state index contributed by atoms with van der Waals surface area (Å²) in [6, 6.07) is 0. The molecular weight excluding hydrogens is 168 g/mol. The minimum absolute atomic E-state index is 0.632. The van der Waals surface area contributed by atoms with E-state index < -0.39 is 0 Å². The van der Waals surface area contributed by atoms with Crippen LogP contribution in [0.5, 0.6) is 0 Å². The first-order chi connectivity index (χ1) is 6.95. The Morgan fingerprint density at radius 2 is 2.21 bits per heavy atom. The summed E-state index contributed by atoms with van der Waals surface area (Å²) < 4.78 is 0. The largest absolute Gasteiger partial charge is 0.0764 e. The summed E-state index contributed by atoms with van der Waals surface area (Å²) in [5.74, 6) is 1.35. The number of hydrogen-bond donors (Lipinski definition) is 0. The Morgan fingerprint density at radius 1 is 1.21 bits per heavy atom. The third kappa shape index (κ3) is 1.21. The van der Waals surface area contributed by atoms with Crippen LogP contribution in [-0.2, 0) is 0 Å². The highest BCUT2D eigenvalue weighted by Crippen LogP contribution is 2.42. The van der Waals surface area contributed by atoms with Gasteiger partial charge in [0.2, 0.25) is 0 Å². The summed E-state index contributed by atoms with van der Waals surface area (Å²) in [6.45, 7) is 0. The number of fused-ring (bicyclic) bond motifs is 3. The minimum Gasteiger partial charge on any atom is -0.0764 e. The summed E-state index contributed by atoms with van der Waals surface area (Å²) >= 11 is 0. The maximum atomic E-state index is 3.51. The maximum Gasteiger partial charge on any atom is 0.0123 e. The normalized spacial score (nSPS) is 34.3. The van der Waals surface area contributed by atoms with E-state index in [1.54, 1.807) is 0 Å². The van der Waals surface area contributed by atoms with E-state index in [1.165, 1.54) is 24.0 Å². The van der Waals surface area contributed by atoms with Gasteiger partial charge < -0.3 is 0 Å². The molecule has 14 heavy (non-hydrogen) atoms. The average molecular weight is 182 g/mol. The first-order valence-corrected chi connectivity index (χ1v) is 5.46. The predicted octanol–water partition coefficient (Wildman–Crippen LogP) is 3.48. The van der Waals surface area contributed by atoms with E-state index in [4.69, 9.17) is 0 Å². The van der Waals surface area contributed by atoms with Gasteiger partial charge in [0.15, 0.2) is 0 Å². The summed E-state index contributed by atoms with van der Waals surface area (Å²) in [5.41, 5.74) is 2.93. The molecule has 0 N–H and O–H groups in total. The molecule has 0 saturated heterocycles.